The molecule has 1 aliphatic rings. The molecule has 2 atom stereocenters. The number of ketones is 1. The Morgan fingerprint density at radius 3 is 2.42 bits per heavy atom. The molecule has 0 amide bonds. The van der Waals surface area contributed by atoms with Crippen LogP contribution < -0.4 is 5.32 Å². The minimum Gasteiger partial charge on any atom is -0.307 e. The number of hydrogen-bond donors (Lipinski definition) is 1. The van der Waals surface area contributed by atoms with Crippen molar-refractivity contribution < 1.29 is 4.79 Å². The highest BCUT2D eigenvalue weighted by Gasteiger charge is 2.32. The number of carbonyl (C=O) groups excluding carboxylic acids is 1. The van der Waals surface area contributed by atoms with Gasteiger partial charge < -0.3 is 5.32 Å². The molecule has 0 spiro atoms. The van der Waals surface area contributed by atoms with Crippen LogP contribution in [0.15, 0.2) is 0 Å². The lowest BCUT2D eigenvalue weighted by molar-refractivity contribution is -0.124. The van der Waals surface area contributed by atoms with E-state index in [2.05, 4.69) is 26.1 Å². The number of carbonyl (C=O) groups is 1. The minimum absolute atomic E-state index is 0.0728. The Balaban J connectivity index is 2.57. The largest absolute Gasteiger partial charge is 0.307 e. The SMILES string of the molecule is C[C@@H]1NC[C@@H](C(C)(C)C)CC1=O. The fourth-order valence-electron chi connectivity index (χ4n) is 1.54. The number of nitrogens with one attached hydrogen (secondary N) is 1. The van der Waals surface area contributed by atoms with Gasteiger partial charge in [-0.15, -0.1) is 0 Å². The maximum Gasteiger partial charge on any atom is 0.149 e. The molecule has 1 fully saturated rings. The van der Waals surface area contributed by atoms with E-state index in [0.717, 1.165) is 13.0 Å². The quantitative estimate of drug-likeness (QED) is 0.597. The lowest BCUT2D eigenvalue weighted by atomic mass is 9.75. The van der Waals surface area contributed by atoms with Gasteiger partial charge in [0.1, 0.15) is 5.78 Å². The molecule has 70 valence electrons. The highest BCUT2D eigenvalue weighted by Crippen LogP contribution is 2.30. The minimum atomic E-state index is 0.0728. The van der Waals surface area contributed by atoms with E-state index in [1.807, 2.05) is 6.92 Å². The average Bonchev–Trinajstić information content (AvgIpc) is 1.92. The Bertz CT molecular complexity index is 181. The molecule has 0 aliphatic carbocycles. The molecule has 1 rings (SSSR count). The lowest BCUT2D eigenvalue weighted by Gasteiger charge is -2.35. The summed E-state index contributed by atoms with van der Waals surface area (Å²) in [6.07, 6.45) is 0.748. The molecule has 0 bridgehead atoms. The van der Waals surface area contributed by atoms with Gasteiger partial charge >= 0.3 is 0 Å². The van der Waals surface area contributed by atoms with Crippen LogP contribution in [0.1, 0.15) is 34.1 Å². The monoisotopic (exact) mass is 169 g/mol. The third kappa shape index (κ3) is 2.07. The van der Waals surface area contributed by atoms with Crippen LogP contribution in [0.25, 0.3) is 0 Å². The van der Waals surface area contributed by atoms with Crippen molar-refractivity contribution in [3.8, 4) is 0 Å². The van der Waals surface area contributed by atoms with Crippen LogP contribution >= 0.6 is 0 Å². The molecule has 2 heteroatoms. The van der Waals surface area contributed by atoms with E-state index in [1.165, 1.54) is 0 Å². The summed E-state index contributed by atoms with van der Waals surface area (Å²) in [7, 11) is 0. The molecule has 12 heavy (non-hydrogen) atoms. The smallest absolute Gasteiger partial charge is 0.149 e. The molecule has 1 heterocycles. The standard InChI is InChI=1S/C10H19NO/c1-7-9(12)5-8(6-11-7)10(2,3)4/h7-8,11H,5-6H2,1-4H3/t7-,8-/m0/s1. The first kappa shape index (κ1) is 9.72. The Hall–Kier alpha value is -0.370. The summed E-state index contributed by atoms with van der Waals surface area (Å²) < 4.78 is 0. The molecule has 1 N–H and O–H groups in total. The molecule has 0 saturated carbocycles. The third-order valence-electron chi connectivity index (χ3n) is 2.83. The van der Waals surface area contributed by atoms with E-state index in [1.54, 1.807) is 0 Å². The highest BCUT2D eigenvalue weighted by atomic mass is 16.1. The molecule has 1 aliphatic heterocycles. The van der Waals surface area contributed by atoms with Gasteiger partial charge in [-0.2, -0.15) is 0 Å². The van der Waals surface area contributed by atoms with Crippen molar-refractivity contribution >= 4 is 5.78 Å². The molecule has 0 aromatic heterocycles. The van der Waals surface area contributed by atoms with Crippen LogP contribution in [0.2, 0.25) is 0 Å². The Morgan fingerprint density at radius 2 is 2.00 bits per heavy atom. The number of piperidine rings is 1. The zero-order valence-corrected chi connectivity index (χ0v) is 8.48. The molecule has 0 aromatic carbocycles. The van der Waals surface area contributed by atoms with E-state index in [-0.39, 0.29) is 11.5 Å². The molecular weight excluding hydrogens is 150 g/mol. The summed E-state index contributed by atoms with van der Waals surface area (Å²) in [4.78, 5) is 11.4. The predicted molar refractivity (Wildman–Crippen MR) is 50.0 cm³/mol. The van der Waals surface area contributed by atoms with Crippen molar-refractivity contribution in [3.05, 3.63) is 0 Å². The summed E-state index contributed by atoms with van der Waals surface area (Å²) in [6.45, 7) is 9.52. The second-order valence-corrected chi connectivity index (χ2v) is 4.86. The van der Waals surface area contributed by atoms with Crippen LogP contribution in [0.5, 0.6) is 0 Å². The maximum atomic E-state index is 11.4. The highest BCUT2D eigenvalue weighted by molar-refractivity contribution is 5.84. The van der Waals surface area contributed by atoms with E-state index in [4.69, 9.17) is 0 Å². The van der Waals surface area contributed by atoms with Crippen LogP contribution in [-0.2, 0) is 4.79 Å². The fraction of sp³-hybridized carbons (Fsp3) is 0.900. The van der Waals surface area contributed by atoms with Gasteiger partial charge in [0, 0.05) is 6.42 Å². The second-order valence-electron chi connectivity index (χ2n) is 4.86. The normalized spacial score (nSPS) is 32.2. The van der Waals surface area contributed by atoms with Crippen molar-refractivity contribution in [2.75, 3.05) is 6.54 Å². The van der Waals surface area contributed by atoms with E-state index >= 15 is 0 Å². The summed E-state index contributed by atoms with van der Waals surface area (Å²) in [6, 6.07) is 0.0728. The fourth-order valence-corrected chi connectivity index (χ4v) is 1.54. The maximum absolute atomic E-state index is 11.4. The van der Waals surface area contributed by atoms with Gasteiger partial charge in [-0.25, -0.2) is 0 Å². The zero-order valence-electron chi connectivity index (χ0n) is 8.48. The van der Waals surface area contributed by atoms with Crippen molar-refractivity contribution in [3.63, 3.8) is 0 Å². The van der Waals surface area contributed by atoms with Crippen LogP contribution in [0, 0.1) is 11.3 Å². The van der Waals surface area contributed by atoms with Crippen molar-refractivity contribution in [2.45, 2.75) is 40.2 Å². The summed E-state index contributed by atoms with van der Waals surface area (Å²) in [5, 5.41) is 3.24. The summed E-state index contributed by atoms with van der Waals surface area (Å²) >= 11 is 0. The first-order valence-electron chi connectivity index (χ1n) is 4.67. The molecule has 0 aromatic rings. The van der Waals surface area contributed by atoms with E-state index in [9.17, 15) is 4.79 Å². The molecule has 2 nitrogen and oxygen atoms in total. The van der Waals surface area contributed by atoms with Gasteiger partial charge in [0.05, 0.1) is 6.04 Å². The number of rotatable bonds is 0. The number of Topliss-reactive ketones (excluding diaryl/α,β-unsaturated/α-hetero) is 1. The molecule has 1 saturated heterocycles. The van der Waals surface area contributed by atoms with Gasteiger partial charge in [-0.3, -0.25) is 4.79 Å². The lowest BCUT2D eigenvalue weighted by Crippen LogP contribution is -2.47. The first-order chi connectivity index (χ1) is 5.41. The van der Waals surface area contributed by atoms with Gasteiger partial charge in [0.15, 0.2) is 0 Å². The summed E-state index contributed by atoms with van der Waals surface area (Å²) in [5.74, 6) is 0.863. The van der Waals surface area contributed by atoms with Gasteiger partial charge in [0.2, 0.25) is 0 Å². The third-order valence-corrected chi connectivity index (χ3v) is 2.83. The Morgan fingerprint density at radius 1 is 1.42 bits per heavy atom. The molecule has 0 unspecified atom stereocenters. The van der Waals surface area contributed by atoms with E-state index < -0.39 is 0 Å². The Kier molecular flexibility index (Phi) is 2.57. The average molecular weight is 169 g/mol. The van der Waals surface area contributed by atoms with Crippen molar-refractivity contribution in [1.82, 2.24) is 5.32 Å². The first-order valence-corrected chi connectivity index (χ1v) is 4.67. The van der Waals surface area contributed by atoms with Crippen LogP contribution in [-0.4, -0.2) is 18.4 Å². The molecular formula is C10H19NO. The molecule has 0 radical (unpaired) electrons. The van der Waals surface area contributed by atoms with Gasteiger partial charge in [-0.1, -0.05) is 20.8 Å². The summed E-state index contributed by atoms with van der Waals surface area (Å²) in [5.41, 5.74) is 0.253. The number of hydrogen-bond acceptors (Lipinski definition) is 2. The van der Waals surface area contributed by atoms with Crippen LogP contribution in [0.3, 0.4) is 0 Å². The van der Waals surface area contributed by atoms with Crippen molar-refractivity contribution in [1.29, 1.82) is 0 Å². The predicted octanol–water partition coefficient (Wildman–Crippen LogP) is 1.60. The van der Waals surface area contributed by atoms with E-state index in [0.29, 0.717) is 11.7 Å². The Labute approximate surface area is 74.7 Å². The van der Waals surface area contributed by atoms with Gasteiger partial charge in [-0.05, 0) is 24.8 Å². The van der Waals surface area contributed by atoms with Gasteiger partial charge in [0.25, 0.3) is 0 Å². The van der Waals surface area contributed by atoms with Crippen LogP contribution in [0.4, 0.5) is 0 Å². The topological polar surface area (TPSA) is 29.1 Å². The zero-order chi connectivity index (χ0) is 9.35. The second kappa shape index (κ2) is 3.17. The van der Waals surface area contributed by atoms with Crippen molar-refractivity contribution in [2.24, 2.45) is 11.3 Å².